The maximum atomic E-state index is 15.1. The van der Waals surface area contributed by atoms with E-state index < -0.39 is 14.4 Å². The van der Waals surface area contributed by atoms with Crippen LogP contribution in [0.4, 0.5) is 15.0 Å². The zero-order valence-electron chi connectivity index (χ0n) is 16.8. The minimum absolute atomic E-state index is 0.0712. The molecule has 0 spiro atoms. The molecule has 6 nitrogen and oxygen atoms in total. The molecule has 2 aliphatic rings. The van der Waals surface area contributed by atoms with E-state index in [0.29, 0.717) is 37.6 Å². The number of hydrogen-bond donors (Lipinski definition) is 1. The first-order chi connectivity index (χ1) is 12.5. The van der Waals surface area contributed by atoms with E-state index in [-0.39, 0.29) is 29.3 Å². The first-order valence-corrected chi connectivity index (χ1v) is 12.4. The highest BCUT2D eigenvalue weighted by Gasteiger charge is 2.43. The monoisotopic (exact) mass is 395 g/mol. The summed E-state index contributed by atoms with van der Waals surface area (Å²) in [4.78, 5) is 18.8. The highest BCUT2D eigenvalue weighted by Crippen LogP contribution is 2.38. The minimum atomic E-state index is -1.96. The van der Waals surface area contributed by atoms with Crippen LogP contribution in [0.1, 0.15) is 26.3 Å². The van der Waals surface area contributed by atoms with E-state index in [0.717, 1.165) is 0 Å². The Labute approximate surface area is 161 Å². The summed E-state index contributed by atoms with van der Waals surface area (Å²) in [6.45, 7) is 13.4. The van der Waals surface area contributed by atoms with E-state index in [9.17, 15) is 4.79 Å². The molecule has 2 fully saturated rings. The number of carbonyl (C=O) groups is 1. The molecule has 2 unspecified atom stereocenters. The molecule has 1 N–H and O–H groups in total. The molecule has 2 saturated heterocycles. The number of nitrogens with zero attached hydrogens (tertiary/aromatic N) is 3. The zero-order valence-corrected chi connectivity index (χ0v) is 17.8. The molecule has 8 heteroatoms. The van der Waals surface area contributed by atoms with Crippen molar-refractivity contribution in [3.8, 4) is 0 Å². The van der Waals surface area contributed by atoms with Gasteiger partial charge in [0.2, 0.25) is 0 Å². The van der Waals surface area contributed by atoms with Crippen LogP contribution in [-0.2, 0) is 11.0 Å². The molecule has 1 aromatic rings. The van der Waals surface area contributed by atoms with Crippen molar-refractivity contribution in [2.75, 3.05) is 31.1 Å². The molecular weight excluding hydrogens is 365 g/mol. The molecule has 0 bridgehead atoms. The van der Waals surface area contributed by atoms with Gasteiger partial charge in [0.15, 0.2) is 20.0 Å². The van der Waals surface area contributed by atoms with Crippen LogP contribution in [0.3, 0.4) is 0 Å². The Morgan fingerprint density at radius 2 is 1.89 bits per heavy atom. The lowest BCUT2D eigenvalue weighted by Gasteiger charge is -2.36. The predicted molar refractivity (Wildman–Crippen MR) is 105 cm³/mol. The number of fused-ring (bicyclic) bond motifs is 1. The van der Waals surface area contributed by atoms with Crippen LogP contribution in [0.25, 0.3) is 0 Å². The van der Waals surface area contributed by atoms with Crippen molar-refractivity contribution in [1.82, 2.24) is 9.88 Å². The van der Waals surface area contributed by atoms with Gasteiger partial charge in [0, 0.05) is 49.8 Å². The third-order valence-electron chi connectivity index (χ3n) is 6.40. The summed E-state index contributed by atoms with van der Waals surface area (Å²) >= 11 is 0. The summed E-state index contributed by atoms with van der Waals surface area (Å²) in [5, 5.41) is 9.21. The maximum Gasteiger partial charge on any atom is 0.407 e. The lowest BCUT2D eigenvalue weighted by molar-refractivity contribution is 0.153. The van der Waals surface area contributed by atoms with Crippen molar-refractivity contribution < 1.29 is 18.7 Å². The Balaban J connectivity index is 1.69. The van der Waals surface area contributed by atoms with Crippen LogP contribution in [0.2, 0.25) is 18.1 Å². The van der Waals surface area contributed by atoms with Gasteiger partial charge in [-0.1, -0.05) is 20.8 Å². The molecular formula is C19H30FN3O3Si. The molecule has 1 aromatic heterocycles. The van der Waals surface area contributed by atoms with E-state index >= 15 is 4.39 Å². The van der Waals surface area contributed by atoms with E-state index in [1.165, 1.54) is 4.90 Å². The van der Waals surface area contributed by atoms with Crippen molar-refractivity contribution in [2.45, 2.75) is 45.5 Å². The van der Waals surface area contributed by atoms with Gasteiger partial charge in [-0.25, -0.2) is 14.2 Å². The lowest BCUT2D eigenvalue weighted by atomic mass is 10.0. The molecule has 0 saturated carbocycles. The molecule has 0 aliphatic carbocycles. The molecule has 0 radical (unpaired) electrons. The summed E-state index contributed by atoms with van der Waals surface area (Å²) in [5.41, 5.74) is 0.536. The Morgan fingerprint density at radius 3 is 2.41 bits per heavy atom. The molecule has 27 heavy (non-hydrogen) atoms. The number of likely N-dealkylation sites (tertiary alicyclic amines) is 1. The fourth-order valence-corrected chi connectivity index (χ4v) is 4.55. The normalized spacial score (nSPS) is 23.0. The Hall–Kier alpha value is -1.67. The fraction of sp³-hybridized carbons (Fsp3) is 0.684. The van der Waals surface area contributed by atoms with Crippen LogP contribution in [-0.4, -0.2) is 55.6 Å². The van der Waals surface area contributed by atoms with Crippen LogP contribution in [0.5, 0.6) is 0 Å². The topological polar surface area (TPSA) is 65.9 Å². The first kappa shape index (κ1) is 20.1. The Morgan fingerprint density at radius 1 is 1.30 bits per heavy atom. The fourth-order valence-electron chi connectivity index (χ4n) is 3.60. The Bertz CT molecular complexity index is 709. The van der Waals surface area contributed by atoms with E-state index in [4.69, 9.17) is 9.53 Å². The van der Waals surface area contributed by atoms with Crippen molar-refractivity contribution in [1.29, 1.82) is 0 Å². The van der Waals surface area contributed by atoms with Gasteiger partial charge in [0.05, 0.1) is 6.61 Å². The van der Waals surface area contributed by atoms with E-state index in [1.54, 1.807) is 12.3 Å². The SMILES string of the molecule is CC(C)(C)[Si](C)(C)OCc1ccnc(N2CC3CN(C(=O)O)CC3C2)c1F. The molecule has 150 valence electrons. The number of carboxylic acid groups (broad SMARTS) is 1. The number of pyridine rings is 1. The van der Waals surface area contributed by atoms with Gasteiger partial charge < -0.3 is 19.3 Å². The standard InChI is InChI=1S/C19H30FN3O3Si/c1-19(2,3)27(4,5)26-12-13-6-7-21-17(16(13)20)22-8-14-10-23(18(24)25)11-15(14)9-22/h6-7,14-15H,8-12H2,1-5H3,(H,24,25). The highest BCUT2D eigenvalue weighted by atomic mass is 28.4. The van der Waals surface area contributed by atoms with Crippen molar-refractivity contribution in [2.24, 2.45) is 11.8 Å². The first-order valence-electron chi connectivity index (χ1n) is 9.50. The molecule has 2 atom stereocenters. The quantitative estimate of drug-likeness (QED) is 0.786. The number of halogens is 1. The van der Waals surface area contributed by atoms with Crippen LogP contribution in [0, 0.1) is 17.7 Å². The van der Waals surface area contributed by atoms with E-state index in [2.05, 4.69) is 38.8 Å². The van der Waals surface area contributed by atoms with Crippen molar-refractivity contribution in [3.63, 3.8) is 0 Å². The second kappa shape index (κ2) is 7.05. The van der Waals surface area contributed by atoms with Crippen molar-refractivity contribution >= 4 is 20.2 Å². The van der Waals surface area contributed by atoms with Gasteiger partial charge in [0.25, 0.3) is 0 Å². The van der Waals surface area contributed by atoms with Gasteiger partial charge in [-0.15, -0.1) is 0 Å². The second-order valence-corrected chi connectivity index (χ2v) is 14.1. The maximum absolute atomic E-state index is 15.1. The number of hydrogen-bond acceptors (Lipinski definition) is 4. The van der Waals surface area contributed by atoms with Gasteiger partial charge in [-0.2, -0.15) is 0 Å². The molecule has 3 heterocycles. The second-order valence-electron chi connectivity index (χ2n) is 9.27. The third kappa shape index (κ3) is 3.96. The lowest BCUT2D eigenvalue weighted by Crippen LogP contribution is -2.40. The van der Waals surface area contributed by atoms with Gasteiger partial charge in [0.1, 0.15) is 0 Å². The molecule has 0 aromatic carbocycles. The van der Waals surface area contributed by atoms with Crippen LogP contribution in [0.15, 0.2) is 12.3 Å². The molecule has 2 aliphatic heterocycles. The number of amides is 1. The number of anilines is 1. The van der Waals surface area contributed by atoms with Gasteiger partial charge >= 0.3 is 6.09 Å². The largest absolute Gasteiger partial charge is 0.465 e. The summed E-state index contributed by atoms with van der Waals surface area (Å²) in [6.07, 6.45) is 0.769. The number of aromatic nitrogens is 1. The summed E-state index contributed by atoms with van der Waals surface area (Å²) in [6, 6.07) is 1.69. The molecule has 1 amide bonds. The summed E-state index contributed by atoms with van der Waals surface area (Å²) in [7, 11) is -1.96. The predicted octanol–water partition coefficient (Wildman–Crippen LogP) is 3.79. The van der Waals surface area contributed by atoms with Crippen molar-refractivity contribution in [3.05, 3.63) is 23.6 Å². The zero-order chi connectivity index (χ0) is 20.0. The number of rotatable bonds is 4. The van der Waals surface area contributed by atoms with Crippen LogP contribution >= 0.6 is 0 Å². The smallest absolute Gasteiger partial charge is 0.407 e. The van der Waals surface area contributed by atoms with Gasteiger partial charge in [-0.05, 0) is 24.2 Å². The van der Waals surface area contributed by atoms with E-state index in [1.807, 2.05) is 4.90 Å². The average molecular weight is 396 g/mol. The van der Waals surface area contributed by atoms with Crippen LogP contribution < -0.4 is 4.90 Å². The summed E-state index contributed by atoms with van der Waals surface area (Å²) in [5.74, 6) is 0.540. The average Bonchev–Trinajstić information content (AvgIpc) is 3.11. The third-order valence-corrected chi connectivity index (χ3v) is 10.9. The molecule has 3 rings (SSSR count). The Kier molecular flexibility index (Phi) is 5.24. The highest BCUT2D eigenvalue weighted by molar-refractivity contribution is 6.74. The van der Waals surface area contributed by atoms with Gasteiger partial charge in [-0.3, -0.25) is 0 Å². The minimum Gasteiger partial charge on any atom is -0.465 e. The summed E-state index contributed by atoms with van der Waals surface area (Å²) < 4.78 is 21.3.